The van der Waals surface area contributed by atoms with Crippen LogP contribution in [0.5, 0.6) is 0 Å². The summed E-state index contributed by atoms with van der Waals surface area (Å²) in [6.45, 7) is 0.785. The first-order chi connectivity index (χ1) is 12.8. The molecule has 1 saturated heterocycles. The fraction of sp³-hybridized carbons (Fsp3) is 0.579. The molecule has 1 aliphatic carbocycles. The second kappa shape index (κ2) is 7.98. The maximum absolute atomic E-state index is 12.9. The number of carboxylic acids is 1. The Morgan fingerprint density at radius 1 is 1.19 bits per heavy atom. The fourth-order valence-corrected chi connectivity index (χ4v) is 5.41. The maximum Gasteiger partial charge on any atom is 0.305 e. The smallest absolute Gasteiger partial charge is 0.305 e. The normalized spacial score (nSPS) is 18.3. The summed E-state index contributed by atoms with van der Waals surface area (Å²) in [4.78, 5) is 24.9. The van der Waals surface area contributed by atoms with Crippen molar-refractivity contribution in [2.24, 2.45) is 5.92 Å². The van der Waals surface area contributed by atoms with Crippen LogP contribution in [-0.4, -0.2) is 61.3 Å². The lowest BCUT2D eigenvalue weighted by molar-refractivity contribution is -0.139. The molecule has 0 spiro atoms. The zero-order valence-corrected chi connectivity index (χ0v) is 16.4. The minimum Gasteiger partial charge on any atom is -0.481 e. The Labute approximate surface area is 160 Å². The number of hydrogen-bond acceptors (Lipinski definition) is 4. The minimum absolute atomic E-state index is 0.0895. The number of carbonyl (C=O) groups excluding carboxylic acids is 1. The van der Waals surface area contributed by atoms with Crippen molar-refractivity contribution in [2.75, 3.05) is 26.7 Å². The lowest BCUT2D eigenvalue weighted by Crippen LogP contribution is -2.43. The van der Waals surface area contributed by atoms with Gasteiger partial charge < -0.3 is 10.0 Å². The lowest BCUT2D eigenvalue weighted by Gasteiger charge is -2.32. The van der Waals surface area contributed by atoms with Crippen LogP contribution in [0.15, 0.2) is 23.1 Å². The van der Waals surface area contributed by atoms with Gasteiger partial charge in [-0.25, -0.2) is 8.42 Å². The minimum atomic E-state index is -3.54. The number of amides is 1. The topological polar surface area (TPSA) is 95.0 Å². The van der Waals surface area contributed by atoms with Crippen LogP contribution < -0.4 is 0 Å². The van der Waals surface area contributed by atoms with E-state index in [4.69, 9.17) is 5.11 Å². The molecule has 0 radical (unpaired) electrons. The number of benzene rings is 1. The van der Waals surface area contributed by atoms with Crippen molar-refractivity contribution in [1.29, 1.82) is 0 Å². The van der Waals surface area contributed by atoms with Crippen LogP contribution in [-0.2, 0) is 32.5 Å². The van der Waals surface area contributed by atoms with Crippen LogP contribution in [0.2, 0.25) is 0 Å². The molecule has 1 amide bonds. The van der Waals surface area contributed by atoms with Crippen LogP contribution in [0.1, 0.15) is 36.8 Å². The number of piperidine rings is 1. The molecule has 0 unspecified atom stereocenters. The highest BCUT2D eigenvalue weighted by Gasteiger charge is 2.33. The van der Waals surface area contributed by atoms with Crippen LogP contribution >= 0.6 is 0 Å². The monoisotopic (exact) mass is 394 g/mol. The van der Waals surface area contributed by atoms with E-state index in [0.717, 1.165) is 24.8 Å². The lowest BCUT2D eigenvalue weighted by atomic mass is 9.96. The van der Waals surface area contributed by atoms with E-state index in [9.17, 15) is 18.0 Å². The van der Waals surface area contributed by atoms with Gasteiger partial charge in [-0.05, 0) is 55.4 Å². The van der Waals surface area contributed by atoms with E-state index in [1.165, 1.54) is 14.8 Å². The van der Waals surface area contributed by atoms with Crippen molar-refractivity contribution in [3.63, 3.8) is 0 Å². The highest BCUT2D eigenvalue weighted by Crippen LogP contribution is 2.29. The number of aryl methyl sites for hydroxylation is 2. The van der Waals surface area contributed by atoms with Crippen molar-refractivity contribution in [2.45, 2.75) is 43.4 Å². The highest BCUT2D eigenvalue weighted by molar-refractivity contribution is 7.89. The second-order valence-electron chi connectivity index (χ2n) is 7.37. The third-order valence-electron chi connectivity index (χ3n) is 5.55. The molecule has 1 aromatic carbocycles. The average Bonchev–Trinajstić information content (AvgIpc) is 3.13. The molecule has 2 aliphatic rings. The Morgan fingerprint density at radius 2 is 1.85 bits per heavy atom. The molecule has 0 aromatic heterocycles. The summed E-state index contributed by atoms with van der Waals surface area (Å²) in [6.07, 6.45) is 3.84. The Hall–Kier alpha value is -1.93. The number of aliphatic carboxylic acids is 1. The van der Waals surface area contributed by atoms with Crippen molar-refractivity contribution in [3.8, 4) is 0 Å². The summed E-state index contributed by atoms with van der Waals surface area (Å²) >= 11 is 0. The van der Waals surface area contributed by atoms with Gasteiger partial charge in [0.15, 0.2) is 0 Å². The zero-order chi connectivity index (χ0) is 19.6. The molecule has 27 heavy (non-hydrogen) atoms. The maximum atomic E-state index is 12.9. The quantitative estimate of drug-likeness (QED) is 0.789. The van der Waals surface area contributed by atoms with Crippen molar-refractivity contribution in [3.05, 3.63) is 29.3 Å². The van der Waals surface area contributed by atoms with Crippen LogP contribution in [0.4, 0.5) is 0 Å². The highest BCUT2D eigenvalue weighted by atomic mass is 32.2. The Morgan fingerprint density at radius 3 is 2.52 bits per heavy atom. The van der Waals surface area contributed by atoms with E-state index in [1.54, 1.807) is 19.2 Å². The van der Waals surface area contributed by atoms with E-state index in [2.05, 4.69) is 0 Å². The molecule has 8 heteroatoms. The van der Waals surface area contributed by atoms with Crippen LogP contribution in [0, 0.1) is 5.92 Å². The summed E-state index contributed by atoms with van der Waals surface area (Å²) in [5, 5.41) is 8.73. The first-order valence-corrected chi connectivity index (χ1v) is 10.8. The van der Waals surface area contributed by atoms with Crippen LogP contribution in [0.25, 0.3) is 0 Å². The number of carboxylic acid groups (broad SMARTS) is 1. The van der Waals surface area contributed by atoms with E-state index >= 15 is 0 Å². The SMILES string of the molecule is CN(CCC(=O)O)C(=O)C1CCN(S(=O)(=O)c2ccc3c(c2)CCC3)CC1. The third kappa shape index (κ3) is 4.32. The number of nitrogens with zero attached hydrogens (tertiary/aromatic N) is 2. The van der Waals surface area contributed by atoms with E-state index in [-0.39, 0.29) is 24.8 Å². The van der Waals surface area contributed by atoms with Gasteiger partial charge in [0, 0.05) is 32.6 Å². The molecule has 1 fully saturated rings. The summed E-state index contributed by atoms with van der Waals surface area (Å²) in [5.74, 6) is -1.30. The van der Waals surface area contributed by atoms with E-state index in [1.807, 2.05) is 6.07 Å². The van der Waals surface area contributed by atoms with Gasteiger partial charge in [-0.2, -0.15) is 4.31 Å². The number of hydrogen-bond donors (Lipinski definition) is 1. The molecule has 7 nitrogen and oxygen atoms in total. The molecular weight excluding hydrogens is 368 g/mol. The molecule has 1 N–H and O–H groups in total. The van der Waals surface area contributed by atoms with Crippen molar-refractivity contribution in [1.82, 2.24) is 9.21 Å². The van der Waals surface area contributed by atoms with E-state index in [0.29, 0.717) is 30.8 Å². The summed E-state index contributed by atoms with van der Waals surface area (Å²) < 4.78 is 27.3. The Kier molecular flexibility index (Phi) is 5.86. The van der Waals surface area contributed by atoms with Crippen molar-refractivity contribution < 1.29 is 23.1 Å². The largest absolute Gasteiger partial charge is 0.481 e. The van der Waals surface area contributed by atoms with Gasteiger partial charge in [0.1, 0.15) is 0 Å². The molecule has 3 rings (SSSR count). The molecule has 148 valence electrons. The van der Waals surface area contributed by atoms with Gasteiger partial charge in [0.25, 0.3) is 0 Å². The number of sulfonamides is 1. The third-order valence-corrected chi connectivity index (χ3v) is 7.44. The Balaban J connectivity index is 1.61. The Bertz CT molecular complexity index is 829. The number of fused-ring (bicyclic) bond motifs is 1. The molecule has 0 bridgehead atoms. The second-order valence-corrected chi connectivity index (χ2v) is 9.30. The van der Waals surface area contributed by atoms with Gasteiger partial charge in [-0.15, -0.1) is 0 Å². The van der Waals surface area contributed by atoms with Gasteiger partial charge in [-0.3, -0.25) is 9.59 Å². The first-order valence-electron chi connectivity index (χ1n) is 9.38. The summed E-state index contributed by atoms with van der Waals surface area (Å²) in [6, 6.07) is 5.41. The summed E-state index contributed by atoms with van der Waals surface area (Å²) in [7, 11) is -1.95. The zero-order valence-electron chi connectivity index (χ0n) is 15.6. The molecule has 1 aliphatic heterocycles. The molecule has 0 saturated carbocycles. The van der Waals surface area contributed by atoms with E-state index < -0.39 is 16.0 Å². The van der Waals surface area contributed by atoms with Gasteiger partial charge in [-0.1, -0.05) is 6.07 Å². The van der Waals surface area contributed by atoms with Gasteiger partial charge in [0.05, 0.1) is 11.3 Å². The predicted molar refractivity (Wildman–Crippen MR) is 99.8 cm³/mol. The average molecular weight is 394 g/mol. The van der Waals surface area contributed by atoms with Gasteiger partial charge >= 0.3 is 5.97 Å². The number of rotatable bonds is 6. The predicted octanol–water partition coefficient (Wildman–Crippen LogP) is 1.51. The van der Waals surface area contributed by atoms with Crippen molar-refractivity contribution >= 4 is 21.9 Å². The fourth-order valence-electron chi connectivity index (χ4n) is 3.89. The number of carbonyl (C=O) groups is 2. The standard InChI is InChI=1S/C19H26N2O5S/c1-20(10-9-18(22)23)19(24)15-7-11-21(12-8-15)27(25,26)17-6-5-14-3-2-4-16(14)13-17/h5-6,13,15H,2-4,7-12H2,1H3,(H,22,23). The molecule has 0 atom stereocenters. The van der Waals surface area contributed by atoms with Gasteiger partial charge in [0.2, 0.25) is 15.9 Å². The van der Waals surface area contributed by atoms with Crippen LogP contribution in [0.3, 0.4) is 0 Å². The first kappa shape index (κ1) is 19.8. The summed E-state index contributed by atoms with van der Waals surface area (Å²) in [5.41, 5.74) is 2.36. The molecule has 1 heterocycles. The molecular formula is C19H26N2O5S. The molecule has 1 aromatic rings.